The molecule has 0 radical (unpaired) electrons. The number of fused-ring (bicyclic) bond motifs is 1. The summed E-state index contributed by atoms with van der Waals surface area (Å²) >= 11 is 0. The number of pyridine rings is 1. The van der Waals surface area contributed by atoms with Crippen LogP contribution in [0.1, 0.15) is 34.1 Å². The Kier molecular flexibility index (Phi) is 3.45. The van der Waals surface area contributed by atoms with Gasteiger partial charge >= 0.3 is 0 Å². The number of hydrogen-bond acceptors (Lipinski definition) is 3. The molecule has 3 rings (SSSR count). The van der Waals surface area contributed by atoms with Gasteiger partial charge in [-0.15, -0.1) is 0 Å². The molecule has 1 aromatic carbocycles. The third kappa shape index (κ3) is 2.18. The zero-order valence-electron chi connectivity index (χ0n) is 12.2. The van der Waals surface area contributed by atoms with Gasteiger partial charge in [0, 0.05) is 23.4 Å². The summed E-state index contributed by atoms with van der Waals surface area (Å²) < 4.78 is 5.84. The first kappa shape index (κ1) is 13.1. The average molecular weight is 268 g/mol. The summed E-state index contributed by atoms with van der Waals surface area (Å²) in [4.78, 5) is 4.58. The molecule has 0 amide bonds. The summed E-state index contributed by atoms with van der Waals surface area (Å²) in [7, 11) is 1.98. The number of ether oxygens (including phenoxy) is 1. The van der Waals surface area contributed by atoms with Crippen molar-refractivity contribution in [3.05, 3.63) is 58.4 Å². The van der Waals surface area contributed by atoms with E-state index in [-0.39, 0.29) is 6.04 Å². The maximum Gasteiger partial charge on any atom is 0.127 e. The molecule has 0 aliphatic carbocycles. The minimum Gasteiger partial charge on any atom is -0.493 e. The minimum atomic E-state index is 0.121. The predicted molar refractivity (Wildman–Crippen MR) is 80.3 cm³/mol. The van der Waals surface area contributed by atoms with E-state index in [9.17, 15) is 0 Å². The van der Waals surface area contributed by atoms with E-state index in [0.29, 0.717) is 0 Å². The Morgan fingerprint density at radius 3 is 2.75 bits per heavy atom. The van der Waals surface area contributed by atoms with Crippen molar-refractivity contribution in [3.63, 3.8) is 0 Å². The van der Waals surface area contributed by atoms with Crippen LogP contribution in [0.5, 0.6) is 5.75 Å². The first-order valence-electron chi connectivity index (χ1n) is 7.06. The Morgan fingerprint density at radius 2 is 2.00 bits per heavy atom. The predicted octanol–water partition coefficient (Wildman–Crippen LogP) is 2.94. The maximum atomic E-state index is 5.84. The fourth-order valence-electron chi connectivity index (χ4n) is 2.95. The summed E-state index contributed by atoms with van der Waals surface area (Å²) in [5, 5.41) is 3.40. The highest BCUT2D eigenvalue weighted by Gasteiger charge is 2.23. The maximum absolute atomic E-state index is 5.84. The van der Waals surface area contributed by atoms with Crippen LogP contribution in [0.25, 0.3) is 0 Å². The molecular weight excluding hydrogens is 248 g/mol. The topological polar surface area (TPSA) is 34.2 Å². The van der Waals surface area contributed by atoms with E-state index in [2.05, 4.69) is 47.6 Å². The van der Waals surface area contributed by atoms with Crippen molar-refractivity contribution in [2.45, 2.75) is 26.3 Å². The highest BCUT2D eigenvalue weighted by atomic mass is 16.5. The van der Waals surface area contributed by atoms with Crippen LogP contribution in [-0.2, 0) is 6.42 Å². The second-order valence-electron chi connectivity index (χ2n) is 5.28. The van der Waals surface area contributed by atoms with Gasteiger partial charge in [-0.05, 0) is 38.1 Å². The lowest BCUT2D eigenvalue weighted by atomic mass is 9.95. The van der Waals surface area contributed by atoms with E-state index in [1.165, 1.54) is 16.7 Å². The third-order valence-corrected chi connectivity index (χ3v) is 3.92. The van der Waals surface area contributed by atoms with Crippen molar-refractivity contribution in [1.29, 1.82) is 0 Å². The lowest BCUT2D eigenvalue weighted by Gasteiger charge is -2.21. The van der Waals surface area contributed by atoms with Crippen LogP contribution < -0.4 is 10.1 Å². The van der Waals surface area contributed by atoms with Gasteiger partial charge in [-0.3, -0.25) is 4.98 Å². The lowest BCUT2D eigenvalue weighted by Crippen LogP contribution is -2.20. The first-order valence-corrected chi connectivity index (χ1v) is 7.06. The van der Waals surface area contributed by atoms with Gasteiger partial charge in [0.25, 0.3) is 0 Å². The second kappa shape index (κ2) is 5.25. The number of nitrogens with one attached hydrogen (secondary N) is 1. The van der Waals surface area contributed by atoms with Crippen molar-refractivity contribution in [2.24, 2.45) is 0 Å². The van der Waals surface area contributed by atoms with Crippen molar-refractivity contribution in [3.8, 4) is 5.75 Å². The van der Waals surface area contributed by atoms with E-state index in [0.717, 1.165) is 30.2 Å². The highest BCUT2D eigenvalue weighted by molar-refractivity contribution is 5.49. The summed E-state index contributed by atoms with van der Waals surface area (Å²) in [6, 6.07) is 10.8. The van der Waals surface area contributed by atoms with Crippen LogP contribution >= 0.6 is 0 Å². The molecule has 1 unspecified atom stereocenters. The van der Waals surface area contributed by atoms with E-state index >= 15 is 0 Å². The van der Waals surface area contributed by atoms with Crippen LogP contribution in [0.15, 0.2) is 30.3 Å². The molecule has 0 bridgehead atoms. The molecule has 1 N–H and O–H groups in total. The zero-order valence-corrected chi connectivity index (χ0v) is 12.2. The Hall–Kier alpha value is -1.87. The van der Waals surface area contributed by atoms with Gasteiger partial charge in [0.15, 0.2) is 0 Å². The molecular formula is C17H20N2O. The highest BCUT2D eigenvalue weighted by Crippen LogP contribution is 2.36. The standard InChI is InChI=1S/C17H20N2O/c1-11-7-8-14(12(2)19-11)16(18-3)15-6-4-5-13-9-10-20-17(13)15/h4-8,16,18H,9-10H2,1-3H3. The van der Waals surface area contributed by atoms with Gasteiger partial charge in [-0.1, -0.05) is 24.3 Å². The molecule has 1 aromatic heterocycles. The van der Waals surface area contributed by atoms with E-state index < -0.39 is 0 Å². The largest absolute Gasteiger partial charge is 0.493 e. The molecule has 3 nitrogen and oxygen atoms in total. The van der Waals surface area contributed by atoms with Gasteiger partial charge in [0.2, 0.25) is 0 Å². The number of benzene rings is 1. The van der Waals surface area contributed by atoms with Crippen LogP contribution in [0.4, 0.5) is 0 Å². The smallest absolute Gasteiger partial charge is 0.127 e. The van der Waals surface area contributed by atoms with Crippen LogP contribution in [0.2, 0.25) is 0 Å². The molecule has 0 saturated carbocycles. The zero-order chi connectivity index (χ0) is 14.1. The van der Waals surface area contributed by atoms with E-state index in [1.807, 2.05) is 14.0 Å². The molecule has 2 aromatic rings. The van der Waals surface area contributed by atoms with E-state index in [4.69, 9.17) is 4.74 Å². The van der Waals surface area contributed by atoms with Crippen molar-refractivity contribution >= 4 is 0 Å². The molecule has 2 heterocycles. The van der Waals surface area contributed by atoms with Gasteiger partial charge < -0.3 is 10.1 Å². The lowest BCUT2D eigenvalue weighted by molar-refractivity contribution is 0.351. The van der Waals surface area contributed by atoms with Crippen LogP contribution in [0, 0.1) is 13.8 Å². The molecule has 1 aliphatic heterocycles. The summed E-state index contributed by atoms with van der Waals surface area (Å²) in [6.07, 6.45) is 1.00. The first-order chi connectivity index (χ1) is 9.70. The SMILES string of the molecule is CNC(c1ccc(C)nc1C)c1cccc2c1OCC2. The molecule has 0 spiro atoms. The summed E-state index contributed by atoms with van der Waals surface area (Å²) in [6.45, 7) is 4.87. The van der Waals surface area contributed by atoms with Gasteiger partial charge in [0.05, 0.1) is 12.6 Å². The molecule has 0 fully saturated rings. The molecule has 1 atom stereocenters. The van der Waals surface area contributed by atoms with Crippen molar-refractivity contribution < 1.29 is 4.74 Å². The average Bonchev–Trinajstić information content (AvgIpc) is 2.91. The number of nitrogens with zero attached hydrogens (tertiary/aromatic N) is 1. The number of rotatable bonds is 3. The quantitative estimate of drug-likeness (QED) is 0.929. The van der Waals surface area contributed by atoms with Crippen molar-refractivity contribution in [2.75, 3.05) is 13.7 Å². The fraction of sp³-hybridized carbons (Fsp3) is 0.353. The Bertz CT molecular complexity index is 637. The Balaban J connectivity index is 2.09. The van der Waals surface area contributed by atoms with E-state index in [1.54, 1.807) is 0 Å². The summed E-state index contributed by atoms with van der Waals surface area (Å²) in [5.41, 5.74) is 5.84. The molecule has 1 aliphatic rings. The Morgan fingerprint density at radius 1 is 1.15 bits per heavy atom. The third-order valence-electron chi connectivity index (χ3n) is 3.92. The summed E-state index contributed by atoms with van der Waals surface area (Å²) in [5.74, 6) is 1.05. The second-order valence-corrected chi connectivity index (χ2v) is 5.28. The van der Waals surface area contributed by atoms with Gasteiger partial charge in [-0.25, -0.2) is 0 Å². The monoisotopic (exact) mass is 268 g/mol. The minimum absolute atomic E-state index is 0.121. The van der Waals surface area contributed by atoms with Crippen LogP contribution in [-0.4, -0.2) is 18.6 Å². The number of aryl methyl sites for hydroxylation is 2. The molecule has 20 heavy (non-hydrogen) atoms. The number of para-hydroxylation sites is 1. The van der Waals surface area contributed by atoms with Crippen molar-refractivity contribution in [1.82, 2.24) is 10.3 Å². The molecule has 104 valence electrons. The van der Waals surface area contributed by atoms with Gasteiger partial charge in [-0.2, -0.15) is 0 Å². The molecule has 3 heteroatoms. The number of hydrogen-bond donors (Lipinski definition) is 1. The number of aromatic nitrogens is 1. The normalized spacial score (nSPS) is 14.8. The fourth-order valence-corrected chi connectivity index (χ4v) is 2.95. The molecule has 0 saturated heterocycles. The van der Waals surface area contributed by atoms with Crippen LogP contribution in [0.3, 0.4) is 0 Å². The Labute approximate surface area is 120 Å². The van der Waals surface area contributed by atoms with Gasteiger partial charge in [0.1, 0.15) is 5.75 Å².